The van der Waals surface area contributed by atoms with Gasteiger partial charge in [0.2, 0.25) is 0 Å². The lowest BCUT2D eigenvalue weighted by molar-refractivity contribution is -0.150. The van der Waals surface area contributed by atoms with Crippen molar-refractivity contribution in [2.24, 2.45) is 5.92 Å². The van der Waals surface area contributed by atoms with Crippen molar-refractivity contribution in [2.45, 2.75) is 6.92 Å². The molecule has 5 heteroatoms. The fourth-order valence-corrected chi connectivity index (χ4v) is 1.37. The summed E-state index contributed by atoms with van der Waals surface area (Å²) in [5.74, 6) is -1.13. The van der Waals surface area contributed by atoms with Crippen molar-refractivity contribution in [3.63, 3.8) is 0 Å². The largest absolute Gasteiger partial charge is 0.474 e. The number of carbonyl (C=O) groups is 2. The first kappa shape index (κ1) is 11.3. The zero-order valence-corrected chi connectivity index (χ0v) is 7.98. The van der Waals surface area contributed by atoms with E-state index in [9.17, 15) is 9.59 Å². The number of amides is 1. The summed E-state index contributed by atoms with van der Waals surface area (Å²) in [5, 5.41) is 10.5. The molecule has 0 spiro atoms. The molecule has 0 aliphatic rings. The molecule has 4 nitrogen and oxygen atoms in total. The molecule has 1 amide bonds. The van der Waals surface area contributed by atoms with Crippen LogP contribution in [-0.2, 0) is 9.59 Å². The van der Waals surface area contributed by atoms with Crippen LogP contribution in [0.25, 0.3) is 0 Å². The van der Waals surface area contributed by atoms with Crippen molar-refractivity contribution in [2.75, 3.05) is 18.6 Å². The van der Waals surface area contributed by atoms with Gasteiger partial charge in [-0.1, -0.05) is 6.92 Å². The molecule has 2 N–H and O–H groups in total. The lowest BCUT2D eigenvalue weighted by Crippen LogP contribution is -2.34. The first-order valence-electron chi connectivity index (χ1n) is 3.58. The Kier molecular flexibility index (Phi) is 5.53. The average Bonchev–Trinajstić information content (AvgIpc) is 2.00. The molecule has 0 aliphatic heterocycles. The SMILES string of the molecule is CSCC(C)CNC(=O)C(=O)O. The highest BCUT2D eigenvalue weighted by Gasteiger charge is 2.11. The third-order valence-corrected chi connectivity index (χ3v) is 2.16. The van der Waals surface area contributed by atoms with Crippen LogP contribution in [0, 0.1) is 5.92 Å². The second-order valence-electron chi connectivity index (χ2n) is 2.58. The number of carboxylic acid groups (broad SMARTS) is 1. The zero-order valence-electron chi connectivity index (χ0n) is 7.16. The standard InChI is InChI=1S/C7H13NO3S/c1-5(4-12-2)3-8-6(9)7(10)11/h5H,3-4H2,1-2H3,(H,8,9)(H,10,11). The van der Waals surface area contributed by atoms with Gasteiger partial charge in [0.25, 0.3) is 0 Å². The van der Waals surface area contributed by atoms with Crippen LogP contribution in [0.2, 0.25) is 0 Å². The van der Waals surface area contributed by atoms with E-state index in [-0.39, 0.29) is 0 Å². The maximum Gasteiger partial charge on any atom is 0.394 e. The summed E-state index contributed by atoms with van der Waals surface area (Å²) in [6.45, 7) is 2.38. The van der Waals surface area contributed by atoms with E-state index < -0.39 is 11.9 Å². The lowest BCUT2D eigenvalue weighted by Gasteiger charge is -2.08. The van der Waals surface area contributed by atoms with E-state index in [0.29, 0.717) is 12.5 Å². The molecule has 0 heterocycles. The van der Waals surface area contributed by atoms with Crippen LogP contribution < -0.4 is 5.32 Å². The summed E-state index contributed by atoms with van der Waals surface area (Å²) in [7, 11) is 0. The molecular weight excluding hydrogens is 178 g/mol. The van der Waals surface area contributed by atoms with Gasteiger partial charge in [0.05, 0.1) is 0 Å². The van der Waals surface area contributed by atoms with Crippen molar-refractivity contribution >= 4 is 23.6 Å². The molecule has 1 atom stereocenters. The second-order valence-corrected chi connectivity index (χ2v) is 3.49. The number of carbonyl (C=O) groups excluding carboxylic acids is 1. The predicted octanol–water partition coefficient (Wildman–Crippen LogP) is 0.186. The molecule has 0 saturated heterocycles. The number of carboxylic acids is 1. The summed E-state index contributed by atoms with van der Waals surface area (Å²) in [6, 6.07) is 0. The van der Waals surface area contributed by atoms with E-state index in [4.69, 9.17) is 5.11 Å². The minimum Gasteiger partial charge on any atom is -0.474 e. The molecule has 0 aromatic carbocycles. The minimum atomic E-state index is -1.42. The van der Waals surface area contributed by atoms with Crippen molar-refractivity contribution in [3.8, 4) is 0 Å². The Balaban J connectivity index is 3.54. The highest BCUT2D eigenvalue weighted by molar-refractivity contribution is 7.98. The van der Waals surface area contributed by atoms with E-state index in [1.54, 1.807) is 11.8 Å². The van der Waals surface area contributed by atoms with E-state index in [1.807, 2.05) is 13.2 Å². The molecule has 0 fully saturated rings. The van der Waals surface area contributed by atoms with Gasteiger partial charge in [-0.25, -0.2) is 4.79 Å². The van der Waals surface area contributed by atoms with Gasteiger partial charge in [0.15, 0.2) is 0 Å². The lowest BCUT2D eigenvalue weighted by atomic mass is 10.2. The second kappa shape index (κ2) is 5.88. The Morgan fingerprint density at radius 3 is 2.58 bits per heavy atom. The third-order valence-electron chi connectivity index (χ3n) is 1.26. The number of nitrogens with one attached hydrogen (secondary N) is 1. The van der Waals surface area contributed by atoms with E-state index in [1.165, 1.54) is 0 Å². The quantitative estimate of drug-likeness (QED) is 0.622. The Morgan fingerprint density at radius 1 is 1.58 bits per heavy atom. The van der Waals surface area contributed by atoms with Gasteiger partial charge in [-0.15, -0.1) is 0 Å². The van der Waals surface area contributed by atoms with Crippen molar-refractivity contribution in [1.29, 1.82) is 0 Å². The van der Waals surface area contributed by atoms with Gasteiger partial charge in [-0.3, -0.25) is 4.79 Å². The monoisotopic (exact) mass is 191 g/mol. The molecule has 1 unspecified atom stereocenters. The van der Waals surface area contributed by atoms with Crippen molar-refractivity contribution in [3.05, 3.63) is 0 Å². The first-order valence-corrected chi connectivity index (χ1v) is 4.97. The minimum absolute atomic E-state index is 0.309. The van der Waals surface area contributed by atoms with E-state index >= 15 is 0 Å². The van der Waals surface area contributed by atoms with Crippen LogP contribution in [0.4, 0.5) is 0 Å². The summed E-state index contributed by atoms with van der Waals surface area (Å²) < 4.78 is 0. The van der Waals surface area contributed by atoms with Crippen LogP contribution >= 0.6 is 11.8 Å². The molecule has 0 aliphatic carbocycles. The number of hydrogen-bond donors (Lipinski definition) is 2. The summed E-state index contributed by atoms with van der Waals surface area (Å²) >= 11 is 1.67. The average molecular weight is 191 g/mol. The fourth-order valence-electron chi connectivity index (χ4n) is 0.686. The Bertz CT molecular complexity index is 172. The topological polar surface area (TPSA) is 66.4 Å². The number of hydrogen-bond acceptors (Lipinski definition) is 3. The molecular formula is C7H13NO3S. The third kappa shape index (κ3) is 5.01. The van der Waals surface area contributed by atoms with Crippen molar-refractivity contribution < 1.29 is 14.7 Å². The Hall–Kier alpha value is -0.710. The van der Waals surface area contributed by atoms with Crippen LogP contribution in [0.1, 0.15) is 6.92 Å². The van der Waals surface area contributed by atoms with Crippen LogP contribution in [0.5, 0.6) is 0 Å². The summed E-state index contributed by atoms with van der Waals surface area (Å²) in [4.78, 5) is 20.6. The molecule has 0 bridgehead atoms. The van der Waals surface area contributed by atoms with E-state index in [2.05, 4.69) is 5.32 Å². The first-order chi connectivity index (χ1) is 5.57. The Morgan fingerprint density at radius 2 is 2.17 bits per heavy atom. The highest BCUT2D eigenvalue weighted by atomic mass is 32.2. The fraction of sp³-hybridized carbons (Fsp3) is 0.714. The summed E-state index contributed by atoms with van der Waals surface area (Å²) in [6.07, 6.45) is 1.97. The number of rotatable bonds is 4. The normalized spacial score (nSPS) is 12.2. The maximum atomic E-state index is 10.5. The molecule has 0 radical (unpaired) electrons. The van der Waals surface area contributed by atoms with Crippen LogP contribution in [0.15, 0.2) is 0 Å². The van der Waals surface area contributed by atoms with Gasteiger partial charge in [0, 0.05) is 6.54 Å². The zero-order chi connectivity index (χ0) is 9.56. The Labute approximate surface area is 75.7 Å². The van der Waals surface area contributed by atoms with Gasteiger partial charge in [0.1, 0.15) is 0 Å². The van der Waals surface area contributed by atoms with Crippen LogP contribution in [-0.4, -0.2) is 35.5 Å². The number of thioether (sulfide) groups is 1. The molecule has 0 saturated carbocycles. The molecule has 70 valence electrons. The molecule has 0 aromatic heterocycles. The molecule has 0 aromatic rings. The van der Waals surface area contributed by atoms with E-state index in [0.717, 1.165) is 5.75 Å². The predicted molar refractivity (Wildman–Crippen MR) is 48.2 cm³/mol. The summed E-state index contributed by atoms with van der Waals surface area (Å²) in [5.41, 5.74) is 0. The molecule has 12 heavy (non-hydrogen) atoms. The van der Waals surface area contributed by atoms with Gasteiger partial charge < -0.3 is 10.4 Å². The highest BCUT2D eigenvalue weighted by Crippen LogP contribution is 2.02. The van der Waals surface area contributed by atoms with Gasteiger partial charge in [-0.2, -0.15) is 11.8 Å². The maximum absolute atomic E-state index is 10.5. The van der Waals surface area contributed by atoms with Gasteiger partial charge >= 0.3 is 11.9 Å². The molecule has 0 rings (SSSR count). The number of aliphatic carboxylic acids is 1. The smallest absolute Gasteiger partial charge is 0.394 e. The van der Waals surface area contributed by atoms with Gasteiger partial charge in [-0.05, 0) is 17.9 Å². The van der Waals surface area contributed by atoms with Crippen molar-refractivity contribution in [1.82, 2.24) is 5.32 Å². The van der Waals surface area contributed by atoms with Crippen LogP contribution in [0.3, 0.4) is 0 Å².